The van der Waals surface area contributed by atoms with E-state index in [-0.39, 0.29) is 28.3 Å². The summed E-state index contributed by atoms with van der Waals surface area (Å²) in [5.41, 5.74) is -0.890. The first-order valence-electron chi connectivity index (χ1n) is 8.83. The summed E-state index contributed by atoms with van der Waals surface area (Å²) in [4.78, 5) is 16.6. The second-order valence-corrected chi connectivity index (χ2v) is 6.98. The lowest BCUT2D eigenvalue weighted by Gasteiger charge is -2.11. The van der Waals surface area contributed by atoms with Crippen molar-refractivity contribution >= 4 is 22.6 Å². The van der Waals surface area contributed by atoms with E-state index in [0.29, 0.717) is 5.69 Å². The Bertz CT molecular complexity index is 1120. The lowest BCUT2D eigenvalue weighted by atomic mass is 10.1. The molecule has 1 aliphatic rings. The van der Waals surface area contributed by atoms with Gasteiger partial charge in [-0.25, -0.2) is 18.4 Å². The zero-order chi connectivity index (χ0) is 20.9. The van der Waals surface area contributed by atoms with Crippen molar-refractivity contribution in [2.75, 3.05) is 5.32 Å². The summed E-state index contributed by atoms with van der Waals surface area (Å²) in [5, 5.41) is 6.06. The SMILES string of the molecule is Cc1nn(CC(=O)Nc2cc(F)ccc2F)c2nc(C3CC3)cc(C(F)(F)F)c12. The standard InChI is InChI=1S/C19H15F5N4O/c1-9-17-12(19(22,23)24)7-14(10-2-3-10)26-18(17)28(27-9)8-16(29)25-15-6-11(20)4-5-13(15)21/h4-7,10H,2-3,8H2,1H3,(H,25,29). The Morgan fingerprint density at radius 3 is 2.62 bits per heavy atom. The monoisotopic (exact) mass is 410 g/mol. The molecule has 4 rings (SSSR count). The summed E-state index contributed by atoms with van der Waals surface area (Å²) in [5.74, 6) is -2.40. The molecule has 0 saturated heterocycles. The molecule has 1 saturated carbocycles. The predicted molar refractivity (Wildman–Crippen MR) is 94.2 cm³/mol. The number of fused-ring (bicyclic) bond motifs is 1. The zero-order valence-corrected chi connectivity index (χ0v) is 15.1. The van der Waals surface area contributed by atoms with Crippen LogP contribution in [0.4, 0.5) is 27.6 Å². The summed E-state index contributed by atoms with van der Waals surface area (Å²) < 4.78 is 68.8. The van der Waals surface area contributed by atoms with E-state index >= 15 is 0 Å². The van der Waals surface area contributed by atoms with Crippen LogP contribution in [0.2, 0.25) is 0 Å². The number of carbonyl (C=O) groups is 1. The number of halogens is 5. The van der Waals surface area contributed by atoms with E-state index in [0.717, 1.165) is 41.8 Å². The van der Waals surface area contributed by atoms with Gasteiger partial charge in [0, 0.05) is 17.7 Å². The van der Waals surface area contributed by atoms with Gasteiger partial charge in [0.2, 0.25) is 5.91 Å². The van der Waals surface area contributed by atoms with Gasteiger partial charge < -0.3 is 5.32 Å². The molecule has 5 nitrogen and oxygen atoms in total. The van der Waals surface area contributed by atoms with Crippen LogP contribution >= 0.6 is 0 Å². The number of aromatic nitrogens is 3. The Morgan fingerprint density at radius 2 is 1.97 bits per heavy atom. The number of anilines is 1. The number of benzene rings is 1. The average Bonchev–Trinajstić information content (AvgIpc) is 3.43. The molecule has 10 heteroatoms. The minimum Gasteiger partial charge on any atom is -0.322 e. The molecule has 0 aliphatic heterocycles. The maximum Gasteiger partial charge on any atom is 0.417 e. The second-order valence-electron chi connectivity index (χ2n) is 6.98. The third-order valence-corrected chi connectivity index (χ3v) is 4.69. The summed E-state index contributed by atoms with van der Waals surface area (Å²) >= 11 is 0. The molecule has 1 N–H and O–H groups in total. The highest BCUT2D eigenvalue weighted by atomic mass is 19.4. The maximum absolute atomic E-state index is 13.7. The Morgan fingerprint density at radius 1 is 1.24 bits per heavy atom. The van der Waals surface area contributed by atoms with Gasteiger partial charge in [0.25, 0.3) is 0 Å². The first-order chi connectivity index (χ1) is 13.6. The third-order valence-electron chi connectivity index (χ3n) is 4.69. The van der Waals surface area contributed by atoms with Gasteiger partial charge in [-0.05, 0) is 38.0 Å². The number of hydrogen-bond donors (Lipinski definition) is 1. The van der Waals surface area contributed by atoms with Crippen LogP contribution in [0.15, 0.2) is 24.3 Å². The first kappa shape index (κ1) is 19.3. The van der Waals surface area contributed by atoms with Crippen LogP contribution in [-0.4, -0.2) is 20.7 Å². The molecule has 29 heavy (non-hydrogen) atoms. The van der Waals surface area contributed by atoms with Crippen molar-refractivity contribution in [3.8, 4) is 0 Å². The predicted octanol–water partition coefficient (Wildman–Crippen LogP) is 4.55. The molecular formula is C19H15F5N4O. The topological polar surface area (TPSA) is 59.8 Å². The van der Waals surface area contributed by atoms with E-state index in [2.05, 4.69) is 15.4 Å². The average molecular weight is 410 g/mol. The van der Waals surface area contributed by atoms with E-state index in [1.54, 1.807) is 0 Å². The molecule has 1 fully saturated rings. The molecule has 2 aromatic heterocycles. The fourth-order valence-corrected chi connectivity index (χ4v) is 3.21. The minimum atomic E-state index is -4.60. The van der Waals surface area contributed by atoms with Crippen LogP contribution in [0.25, 0.3) is 11.0 Å². The van der Waals surface area contributed by atoms with E-state index in [4.69, 9.17) is 0 Å². The van der Waals surface area contributed by atoms with Gasteiger partial charge in [-0.3, -0.25) is 4.79 Å². The van der Waals surface area contributed by atoms with Crippen LogP contribution in [0, 0.1) is 18.6 Å². The number of pyridine rings is 1. The van der Waals surface area contributed by atoms with Crippen molar-refractivity contribution in [3.63, 3.8) is 0 Å². The van der Waals surface area contributed by atoms with Gasteiger partial charge in [-0.2, -0.15) is 18.3 Å². The van der Waals surface area contributed by atoms with Gasteiger partial charge in [-0.1, -0.05) is 0 Å². The van der Waals surface area contributed by atoms with E-state index in [1.165, 1.54) is 6.92 Å². The number of nitrogens with zero attached hydrogens (tertiary/aromatic N) is 3. The van der Waals surface area contributed by atoms with Crippen molar-refractivity contribution < 1.29 is 26.7 Å². The fourth-order valence-electron chi connectivity index (χ4n) is 3.21. The first-order valence-corrected chi connectivity index (χ1v) is 8.83. The molecule has 0 bridgehead atoms. The smallest absolute Gasteiger partial charge is 0.322 e. The zero-order valence-electron chi connectivity index (χ0n) is 15.1. The highest BCUT2D eigenvalue weighted by Crippen LogP contribution is 2.43. The Balaban J connectivity index is 1.71. The highest BCUT2D eigenvalue weighted by Gasteiger charge is 2.37. The molecule has 1 aliphatic carbocycles. The lowest BCUT2D eigenvalue weighted by molar-refractivity contribution is -0.136. The fraction of sp³-hybridized carbons (Fsp3) is 0.316. The molecule has 0 atom stereocenters. The number of nitrogens with one attached hydrogen (secondary N) is 1. The largest absolute Gasteiger partial charge is 0.417 e. The molecule has 0 unspecified atom stereocenters. The van der Waals surface area contributed by atoms with Crippen LogP contribution in [-0.2, 0) is 17.5 Å². The van der Waals surface area contributed by atoms with Crippen molar-refractivity contribution in [1.29, 1.82) is 0 Å². The van der Waals surface area contributed by atoms with Crippen molar-refractivity contribution in [3.05, 3.63) is 52.9 Å². The number of carbonyl (C=O) groups excluding carboxylic acids is 1. The quantitative estimate of drug-likeness (QED) is 0.642. The molecule has 152 valence electrons. The Labute approximate surface area is 161 Å². The molecular weight excluding hydrogens is 395 g/mol. The van der Waals surface area contributed by atoms with Gasteiger partial charge in [-0.15, -0.1) is 0 Å². The molecule has 2 heterocycles. The summed E-state index contributed by atoms with van der Waals surface area (Å²) in [6.45, 7) is 0.898. The summed E-state index contributed by atoms with van der Waals surface area (Å²) in [7, 11) is 0. The van der Waals surface area contributed by atoms with Gasteiger partial charge in [0.05, 0.1) is 22.3 Å². The minimum absolute atomic E-state index is 0.0422. The molecule has 3 aromatic rings. The van der Waals surface area contributed by atoms with Crippen molar-refractivity contribution in [2.24, 2.45) is 0 Å². The van der Waals surface area contributed by atoms with Crippen LogP contribution < -0.4 is 5.32 Å². The normalized spacial score (nSPS) is 14.4. The molecule has 0 radical (unpaired) electrons. The second kappa shape index (κ2) is 6.78. The van der Waals surface area contributed by atoms with E-state index in [1.807, 2.05) is 0 Å². The number of amides is 1. The van der Waals surface area contributed by atoms with Crippen LogP contribution in [0.5, 0.6) is 0 Å². The number of aryl methyl sites for hydroxylation is 1. The Kier molecular flexibility index (Phi) is 4.51. The number of alkyl halides is 3. The lowest BCUT2D eigenvalue weighted by Crippen LogP contribution is -2.20. The summed E-state index contributed by atoms with van der Waals surface area (Å²) in [6.07, 6.45) is -3.10. The van der Waals surface area contributed by atoms with Crippen molar-refractivity contribution in [2.45, 2.75) is 38.4 Å². The highest BCUT2D eigenvalue weighted by molar-refractivity contribution is 5.92. The van der Waals surface area contributed by atoms with Gasteiger partial charge >= 0.3 is 6.18 Å². The molecule has 0 spiro atoms. The summed E-state index contributed by atoms with van der Waals surface area (Å²) in [6, 6.07) is 3.61. The molecule has 1 amide bonds. The van der Waals surface area contributed by atoms with Gasteiger partial charge in [0.1, 0.15) is 18.2 Å². The molecule has 1 aromatic carbocycles. The van der Waals surface area contributed by atoms with Crippen LogP contribution in [0.3, 0.4) is 0 Å². The number of rotatable bonds is 4. The Hall–Kier alpha value is -3.04. The maximum atomic E-state index is 13.7. The van der Waals surface area contributed by atoms with E-state index < -0.39 is 35.8 Å². The third kappa shape index (κ3) is 3.79. The van der Waals surface area contributed by atoms with Gasteiger partial charge in [0.15, 0.2) is 5.65 Å². The van der Waals surface area contributed by atoms with Crippen molar-refractivity contribution in [1.82, 2.24) is 14.8 Å². The van der Waals surface area contributed by atoms with E-state index in [9.17, 15) is 26.7 Å². The van der Waals surface area contributed by atoms with Crippen LogP contribution in [0.1, 0.15) is 35.7 Å². The number of hydrogen-bond acceptors (Lipinski definition) is 3.